The summed E-state index contributed by atoms with van der Waals surface area (Å²) < 4.78 is 13.1. The van der Waals surface area contributed by atoms with Gasteiger partial charge in [-0.1, -0.05) is 25.1 Å². The summed E-state index contributed by atoms with van der Waals surface area (Å²) >= 11 is 0. The van der Waals surface area contributed by atoms with Gasteiger partial charge in [0.1, 0.15) is 23.4 Å². The third-order valence-electron chi connectivity index (χ3n) is 4.20. The van der Waals surface area contributed by atoms with Crippen LogP contribution in [0.4, 0.5) is 0 Å². The number of benzene rings is 2. The molecular weight excluding hydrogens is 316 g/mol. The number of aliphatic hydroxyl groups is 1. The SMILES string of the molecule is CC[C@H](O)c1nc2ccccc2n1CCCOc1cccc(OC)c1. The number of hydrogen-bond acceptors (Lipinski definition) is 4. The lowest BCUT2D eigenvalue weighted by Crippen LogP contribution is -2.11. The van der Waals surface area contributed by atoms with Crippen LogP contribution in [0.5, 0.6) is 11.5 Å². The van der Waals surface area contributed by atoms with E-state index in [1.54, 1.807) is 7.11 Å². The molecule has 2 aromatic carbocycles. The molecule has 3 aromatic rings. The molecule has 5 heteroatoms. The third kappa shape index (κ3) is 3.94. The number of imidazole rings is 1. The molecule has 0 radical (unpaired) electrons. The molecule has 25 heavy (non-hydrogen) atoms. The first kappa shape index (κ1) is 17.3. The fraction of sp³-hybridized carbons (Fsp3) is 0.350. The Morgan fingerprint density at radius 2 is 1.92 bits per heavy atom. The largest absolute Gasteiger partial charge is 0.497 e. The van der Waals surface area contributed by atoms with E-state index < -0.39 is 6.10 Å². The molecule has 0 fully saturated rings. The van der Waals surface area contributed by atoms with Crippen LogP contribution in [0.15, 0.2) is 48.5 Å². The van der Waals surface area contributed by atoms with Crippen LogP contribution in [0.1, 0.15) is 31.7 Å². The van der Waals surface area contributed by atoms with Gasteiger partial charge in [-0.15, -0.1) is 0 Å². The Kier molecular flexibility index (Phi) is 5.56. The van der Waals surface area contributed by atoms with Gasteiger partial charge in [-0.05, 0) is 37.1 Å². The van der Waals surface area contributed by atoms with Crippen LogP contribution in [-0.4, -0.2) is 28.4 Å². The number of fused-ring (bicyclic) bond motifs is 1. The highest BCUT2D eigenvalue weighted by molar-refractivity contribution is 5.76. The summed E-state index contributed by atoms with van der Waals surface area (Å²) in [6.45, 7) is 3.29. The normalized spacial score (nSPS) is 12.3. The van der Waals surface area contributed by atoms with Crippen molar-refractivity contribution >= 4 is 11.0 Å². The van der Waals surface area contributed by atoms with Crippen LogP contribution in [0.25, 0.3) is 11.0 Å². The summed E-state index contributed by atoms with van der Waals surface area (Å²) in [6.07, 6.45) is 0.914. The molecule has 0 aliphatic carbocycles. The molecule has 0 spiro atoms. The minimum absolute atomic E-state index is 0.549. The van der Waals surface area contributed by atoms with E-state index in [4.69, 9.17) is 9.47 Å². The first-order valence-corrected chi connectivity index (χ1v) is 8.63. The Balaban J connectivity index is 1.68. The highest BCUT2D eigenvalue weighted by atomic mass is 16.5. The predicted molar refractivity (Wildman–Crippen MR) is 98.1 cm³/mol. The maximum Gasteiger partial charge on any atom is 0.138 e. The molecule has 0 aliphatic heterocycles. The monoisotopic (exact) mass is 340 g/mol. The lowest BCUT2D eigenvalue weighted by molar-refractivity contribution is 0.158. The number of rotatable bonds is 8. The van der Waals surface area contributed by atoms with Gasteiger partial charge in [0, 0.05) is 12.6 Å². The molecule has 1 heterocycles. The zero-order valence-electron chi connectivity index (χ0n) is 14.7. The Morgan fingerprint density at radius 1 is 1.12 bits per heavy atom. The van der Waals surface area contributed by atoms with Crippen molar-refractivity contribution in [3.63, 3.8) is 0 Å². The molecule has 1 N–H and O–H groups in total. The van der Waals surface area contributed by atoms with E-state index in [1.165, 1.54) is 0 Å². The van der Waals surface area contributed by atoms with Crippen molar-refractivity contribution < 1.29 is 14.6 Å². The Bertz CT molecular complexity index is 829. The average Bonchev–Trinajstić information content (AvgIpc) is 3.03. The van der Waals surface area contributed by atoms with E-state index in [0.717, 1.165) is 41.3 Å². The van der Waals surface area contributed by atoms with Crippen molar-refractivity contribution in [3.05, 3.63) is 54.4 Å². The van der Waals surface area contributed by atoms with Crippen molar-refractivity contribution in [3.8, 4) is 11.5 Å². The summed E-state index contributed by atoms with van der Waals surface area (Å²) in [5, 5.41) is 10.3. The summed E-state index contributed by atoms with van der Waals surface area (Å²) in [7, 11) is 1.64. The van der Waals surface area contributed by atoms with Crippen LogP contribution in [-0.2, 0) is 6.54 Å². The number of para-hydroxylation sites is 2. The summed E-state index contributed by atoms with van der Waals surface area (Å²) in [4.78, 5) is 4.60. The topological polar surface area (TPSA) is 56.5 Å². The van der Waals surface area contributed by atoms with Crippen LogP contribution in [0.3, 0.4) is 0 Å². The first-order valence-electron chi connectivity index (χ1n) is 8.63. The van der Waals surface area contributed by atoms with Crippen LogP contribution in [0, 0.1) is 0 Å². The molecule has 0 unspecified atom stereocenters. The molecular formula is C20H24N2O3. The Hall–Kier alpha value is -2.53. The summed E-state index contributed by atoms with van der Waals surface area (Å²) in [6, 6.07) is 15.6. The molecule has 0 saturated carbocycles. The number of aromatic nitrogens is 2. The van der Waals surface area contributed by atoms with Crippen molar-refractivity contribution in [2.45, 2.75) is 32.4 Å². The predicted octanol–water partition coefficient (Wildman–Crippen LogP) is 3.96. The first-order chi connectivity index (χ1) is 12.2. The maximum atomic E-state index is 10.3. The number of aliphatic hydroxyl groups excluding tert-OH is 1. The molecule has 3 rings (SSSR count). The molecule has 1 aromatic heterocycles. The number of hydrogen-bond donors (Lipinski definition) is 1. The number of aryl methyl sites for hydroxylation is 1. The standard InChI is InChI=1S/C20H24N2O3/c1-3-19(23)20-21-17-10-4-5-11-18(17)22(20)12-7-13-25-16-9-6-8-15(14-16)24-2/h4-6,8-11,14,19,23H,3,7,12-13H2,1-2H3/t19-/m0/s1. The lowest BCUT2D eigenvalue weighted by Gasteiger charge is -2.13. The molecule has 0 amide bonds. The van der Waals surface area contributed by atoms with Gasteiger partial charge in [0.2, 0.25) is 0 Å². The maximum absolute atomic E-state index is 10.3. The molecule has 5 nitrogen and oxygen atoms in total. The van der Waals surface area contributed by atoms with E-state index >= 15 is 0 Å². The Labute approximate surface area is 147 Å². The average molecular weight is 340 g/mol. The van der Waals surface area contributed by atoms with Gasteiger partial charge in [-0.3, -0.25) is 0 Å². The molecule has 0 saturated heterocycles. The molecule has 1 atom stereocenters. The van der Waals surface area contributed by atoms with Gasteiger partial charge in [-0.25, -0.2) is 4.98 Å². The second-order valence-electron chi connectivity index (χ2n) is 5.92. The van der Waals surface area contributed by atoms with Crippen molar-refractivity contribution in [2.75, 3.05) is 13.7 Å². The summed E-state index contributed by atoms with van der Waals surface area (Å²) in [5.41, 5.74) is 1.96. The molecule has 0 bridgehead atoms. The van der Waals surface area contributed by atoms with Crippen LogP contribution in [0.2, 0.25) is 0 Å². The fourth-order valence-electron chi connectivity index (χ4n) is 2.87. The van der Waals surface area contributed by atoms with Crippen molar-refractivity contribution in [2.24, 2.45) is 0 Å². The van der Waals surface area contributed by atoms with Gasteiger partial charge < -0.3 is 19.1 Å². The van der Waals surface area contributed by atoms with Crippen molar-refractivity contribution in [1.29, 1.82) is 0 Å². The second-order valence-corrected chi connectivity index (χ2v) is 5.92. The van der Waals surface area contributed by atoms with E-state index in [1.807, 2.05) is 55.5 Å². The van der Waals surface area contributed by atoms with E-state index in [2.05, 4.69) is 9.55 Å². The van der Waals surface area contributed by atoms with Gasteiger partial charge >= 0.3 is 0 Å². The quantitative estimate of drug-likeness (QED) is 0.631. The van der Waals surface area contributed by atoms with Gasteiger partial charge in [0.15, 0.2) is 0 Å². The molecule has 132 valence electrons. The van der Waals surface area contributed by atoms with Crippen molar-refractivity contribution in [1.82, 2.24) is 9.55 Å². The van der Waals surface area contributed by atoms with E-state index in [0.29, 0.717) is 13.0 Å². The minimum atomic E-state index is -0.549. The van der Waals surface area contributed by atoms with Crippen LogP contribution < -0.4 is 9.47 Å². The fourth-order valence-corrected chi connectivity index (χ4v) is 2.87. The highest BCUT2D eigenvalue weighted by Gasteiger charge is 2.16. The Morgan fingerprint density at radius 3 is 2.72 bits per heavy atom. The zero-order valence-corrected chi connectivity index (χ0v) is 14.7. The smallest absolute Gasteiger partial charge is 0.138 e. The third-order valence-corrected chi connectivity index (χ3v) is 4.20. The van der Waals surface area contributed by atoms with Gasteiger partial charge in [0.25, 0.3) is 0 Å². The van der Waals surface area contributed by atoms with Gasteiger partial charge in [-0.2, -0.15) is 0 Å². The lowest BCUT2D eigenvalue weighted by atomic mass is 10.2. The van der Waals surface area contributed by atoms with E-state index in [9.17, 15) is 5.11 Å². The van der Waals surface area contributed by atoms with Gasteiger partial charge in [0.05, 0.1) is 24.8 Å². The van der Waals surface area contributed by atoms with E-state index in [-0.39, 0.29) is 0 Å². The zero-order chi connectivity index (χ0) is 17.6. The number of methoxy groups -OCH3 is 1. The number of nitrogens with zero attached hydrogens (tertiary/aromatic N) is 2. The summed E-state index contributed by atoms with van der Waals surface area (Å²) in [5.74, 6) is 2.31. The second kappa shape index (κ2) is 8.03. The highest BCUT2D eigenvalue weighted by Crippen LogP contribution is 2.23. The minimum Gasteiger partial charge on any atom is -0.497 e. The van der Waals surface area contributed by atoms with Crippen LogP contribution >= 0.6 is 0 Å². The number of ether oxygens (including phenoxy) is 2. The molecule has 0 aliphatic rings.